The van der Waals surface area contributed by atoms with Gasteiger partial charge in [0.1, 0.15) is 0 Å². The molecule has 1 amide bonds. The van der Waals surface area contributed by atoms with E-state index in [0.717, 1.165) is 17.2 Å². The quantitative estimate of drug-likeness (QED) is 0.477. The van der Waals surface area contributed by atoms with Crippen LogP contribution in [0, 0.1) is 0 Å². The first-order valence-electron chi connectivity index (χ1n) is 10.4. The molecular formula is C25H28N4O2. The molecule has 3 aromatic carbocycles. The zero-order chi connectivity index (χ0) is 21.8. The number of nitrogens with zero attached hydrogens (tertiary/aromatic N) is 2. The van der Waals surface area contributed by atoms with Crippen molar-refractivity contribution < 1.29 is 9.53 Å². The molecule has 6 nitrogen and oxygen atoms in total. The third-order valence-electron chi connectivity index (χ3n) is 5.70. The maximum atomic E-state index is 13.7. The topological polar surface area (TPSA) is 84.8 Å². The van der Waals surface area contributed by atoms with Crippen LogP contribution in [0.1, 0.15) is 21.5 Å². The van der Waals surface area contributed by atoms with Gasteiger partial charge in [0.2, 0.25) is 0 Å². The highest BCUT2D eigenvalue weighted by Crippen LogP contribution is 2.28. The molecule has 1 unspecified atom stereocenters. The molecular weight excluding hydrogens is 388 g/mol. The van der Waals surface area contributed by atoms with Crippen molar-refractivity contribution in [2.75, 3.05) is 20.3 Å². The van der Waals surface area contributed by atoms with Gasteiger partial charge in [-0.1, -0.05) is 60.7 Å². The zero-order valence-corrected chi connectivity index (χ0v) is 17.7. The molecule has 0 aliphatic carbocycles. The molecule has 31 heavy (non-hydrogen) atoms. The number of carbonyl (C=O) groups excluding carboxylic acids is 1. The molecule has 160 valence electrons. The van der Waals surface area contributed by atoms with Crippen LogP contribution in [0.4, 0.5) is 0 Å². The van der Waals surface area contributed by atoms with Gasteiger partial charge in [0.25, 0.3) is 5.91 Å². The van der Waals surface area contributed by atoms with E-state index in [1.54, 1.807) is 18.3 Å². The smallest absolute Gasteiger partial charge is 0.255 e. The summed E-state index contributed by atoms with van der Waals surface area (Å²) in [5.74, 6) is 6.24. The normalized spacial score (nSPS) is 16.3. The SMILES string of the molecule is COC/C(N)=C/N(N)CC1Cc2ccccc2CN1C(=O)c1cccc2ccccc12. The summed E-state index contributed by atoms with van der Waals surface area (Å²) < 4.78 is 5.06. The standard InChI is InChI=1S/C25H28N4O2/c1-31-17-21(26)15-28(27)16-22-13-19-8-2-3-9-20(19)14-29(22)25(30)24-12-6-10-18-7-4-5-11-23(18)24/h2-12,15,22H,13-14,16-17,26-27H2,1H3/b21-15-. The molecule has 0 saturated carbocycles. The Kier molecular flexibility index (Phi) is 6.21. The van der Waals surface area contributed by atoms with Crippen LogP contribution in [-0.4, -0.2) is 42.1 Å². The first-order chi connectivity index (χ1) is 15.1. The highest BCUT2D eigenvalue weighted by atomic mass is 16.5. The van der Waals surface area contributed by atoms with Gasteiger partial charge < -0.3 is 20.4 Å². The lowest BCUT2D eigenvalue weighted by atomic mass is 9.92. The van der Waals surface area contributed by atoms with E-state index in [1.165, 1.54) is 11.1 Å². The number of rotatable bonds is 6. The van der Waals surface area contributed by atoms with Gasteiger partial charge in [0.15, 0.2) is 0 Å². The van der Waals surface area contributed by atoms with Crippen LogP contribution in [0.25, 0.3) is 10.8 Å². The van der Waals surface area contributed by atoms with Gasteiger partial charge >= 0.3 is 0 Å². The number of fused-ring (bicyclic) bond motifs is 2. The molecule has 1 atom stereocenters. The number of ether oxygens (including phenoxy) is 1. The zero-order valence-electron chi connectivity index (χ0n) is 17.7. The van der Waals surface area contributed by atoms with Crippen LogP contribution in [0.2, 0.25) is 0 Å². The average molecular weight is 417 g/mol. The molecule has 0 spiro atoms. The summed E-state index contributed by atoms with van der Waals surface area (Å²) in [6, 6.07) is 22.0. The average Bonchev–Trinajstić information content (AvgIpc) is 2.77. The van der Waals surface area contributed by atoms with Gasteiger partial charge in [0, 0.05) is 25.4 Å². The van der Waals surface area contributed by atoms with Gasteiger partial charge in [-0.05, 0) is 34.4 Å². The van der Waals surface area contributed by atoms with E-state index in [0.29, 0.717) is 31.0 Å². The molecule has 3 aromatic rings. The van der Waals surface area contributed by atoms with Gasteiger partial charge in [0.05, 0.1) is 24.9 Å². The lowest BCUT2D eigenvalue weighted by Gasteiger charge is -2.38. The molecule has 1 aliphatic heterocycles. The third kappa shape index (κ3) is 4.55. The summed E-state index contributed by atoms with van der Waals surface area (Å²) in [5.41, 5.74) is 9.61. The Balaban J connectivity index is 1.67. The largest absolute Gasteiger partial charge is 0.399 e. The fourth-order valence-corrected chi connectivity index (χ4v) is 4.27. The number of hydrazine groups is 1. The number of nitrogens with two attached hydrogens (primary N) is 2. The molecule has 0 aromatic heterocycles. The Labute approximate surface area is 182 Å². The predicted octanol–water partition coefficient (Wildman–Crippen LogP) is 3.03. The van der Waals surface area contributed by atoms with E-state index >= 15 is 0 Å². The highest BCUT2D eigenvalue weighted by molar-refractivity contribution is 6.07. The van der Waals surface area contributed by atoms with Crippen LogP contribution >= 0.6 is 0 Å². The van der Waals surface area contributed by atoms with Gasteiger partial charge in [-0.3, -0.25) is 4.79 Å². The summed E-state index contributed by atoms with van der Waals surface area (Å²) in [6.45, 7) is 1.32. The van der Waals surface area contributed by atoms with Crippen LogP contribution < -0.4 is 11.6 Å². The fourth-order valence-electron chi connectivity index (χ4n) is 4.27. The Morgan fingerprint density at radius 3 is 2.61 bits per heavy atom. The van der Waals surface area contributed by atoms with Crippen molar-refractivity contribution in [1.82, 2.24) is 9.91 Å². The second kappa shape index (κ2) is 9.20. The minimum Gasteiger partial charge on any atom is -0.399 e. The number of methoxy groups -OCH3 is 1. The van der Waals surface area contributed by atoms with Crippen molar-refractivity contribution in [2.45, 2.75) is 19.0 Å². The predicted molar refractivity (Wildman–Crippen MR) is 123 cm³/mol. The number of benzene rings is 3. The molecule has 4 rings (SSSR count). The van der Waals surface area contributed by atoms with Crippen LogP contribution in [0.15, 0.2) is 78.6 Å². The Bertz CT molecular complexity index is 1110. The first-order valence-corrected chi connectivity index (χ1v) is 10.4. The van der Waals surface area contributed by atoms with E-state index in [4.69, 9.17) is 16.3 Å². The molecule has 0 saturated heterocycles. The molecule has 0 radical (unpaired) electrons. The van der Waals surface area contributed by atoms with E-state index in [9.17, 15) is 4.79 Å². The number of carbonyl (C=O) groups is 1. The Hall–Kier alpha value is -3.35. The molecule has 0 fully saturated rings. The maximum Gasteiger partial charge on any atom is 0.255 e. The summed E-state index contributed by atoms with van der Waals surface area (Å²) in [4.78, 5) is 15.7. The van der Waals surface area contributed by atoms with Gasteiger partial charge in [-0.15, -0.1) is 0 Å². The molecule has 1 aliphatic rings. The van der Waals surface area contributed by atoms with E-state index in [1.807, 2.05) is 59.5 Å². The van der Waals surface area contributed by atoms with Crippen molar-refractivity contribution in [3.8, 4) is 0 Å². The summed E-state index contributed by atoms with van der Waals surface area (Å²) in [7, 11) is 1.59. The number of hydrogen-bond donors (Lipinski definition) is 2. The number of amides is 1. The lowest BCUT2D eigenvalue weighted by Crippen LogP contribution is -2.50. The molecule has 1 heterocycles. The van der Waals surface area contributed by atoms with Crippen molar-refractivity contribution in [1.29, 1.82) is 0 Å². The minimum absolute atomic E-state index is 0.0125. The van der Waals surface area contributed by atoms with Crippen molar-refractivity contribution in [3.05, 3.63) is 95.3 Å². The van der Waals surface area contributed by atoms with Crippen LogP contribution in [0.5, 0.6) is 0 Å². The van der Waals surface area contributed by atoms with Gasteiger partial charge in [-0.25, -0.2) is 5.84 Å². The van der Waals surface area contributed by atoms with Crippen molar-refractivity contribution >= 4 is 16.7 Å². The minimum atomic E-state index is -0.0852. The summed E-state index contributed by atoms with van der Waals surface area (Å²) in [6.07, 6.45) is 2.41. The van der Waals surface area contributed by atoms with E-state index < -0.39 is 0 Å². The molecule has 4 N–H and O–H groups in total. The fraction of sp³-hybridized carbons (Fsp3) is 0.240. The summed E-state index contributed by atoms with van der Waals surface area (Å²) >= 11 is 0. The second-order valence-corrected chi connectivity index (χ2v) is 7.92. The molecule has 0 bridgehead atoms. The Morgan fingerprint density at radius 2 is 1.81 bits per heavy atom. The first kappa shape index (κ1) is 20.9. The number of hydrogen-bond acceptors (Lipinski definition) is 5. The maximum absolute atomic E-state index is 13.7. The van der Waals surface area contributed by atoms with Crippen LogP contribution in [0.3, 0.4) is 0 Å². The molecule has 6 heteroatoms. The second-order valence-electron chi connectivity index (χ2n) is 7.92. The Morgan fingerprint density at radius 1 is 1.10 bits per heavy atom. The van der Waals surface area contributed by atoms with Crippen LogP contribution in [-0.2, 0) is 17.7 Å². The highest BCUT2D eigenvalue weighted by Gasteiger charge is 2.31. The van der Waals surface area contributed by atoms with Crippen molar-refractivity contribution in [3.63, 3.8) is 0 Å². The van der Waals surface area contributed by atoms with Gasteiger partial charge in [-0.2, -0.15) is 0 Å². The van der Waals surface area contributed by atoms with Crippen molar-refractivity contribution in [2.24, 2.45) is 11.6 Å². The summed E-state index contributed by atoms with van der Waals surface area (Å²) in [5, 5.41) is 3.57. The van der Waals surface area contributed by atoms with E-state index in [-0.39, 0.29) is 11.9 Å². The van der Waals surface area contributed by atoms with E-state index in [2.05, 4.69) is 12.1 Å². The third-order valence-corrected chi connectivity index (χ3v) is 5.70. The monoisotopic (exact) mass is 416 g/mol. The lowest BCUT2D eigenvalue weighted by molar-refractivity contribution is 0.0605.